The second-order valence-corrected chi connectivity index (χ2v) is 3.93. The van der Waals surface area contributed by atoms with Crippen molar-refractivity contribution in [3.63, 3.8) is 0 Å². The van der Waals surface area contributed by atoms with Crippen LogP contribution < -0.4 is 10.6 Å². The van der Waals surface area contributed by atoms with Gasteiger partial charge in [0.1, 0.15) is 5.82 Å². The van der Waals surface area contributed by atoms with Crippen LogP contribution in [0.4, 0.5) is 5.82 Å². The smallest absolute Gasteiger partial charge is 0.376 e. The van der Waals surface area contributed by atoms with E-state index in [1.807, 2.05) is 0 Å². The van der Waals surface area contributed by atoms with Crippen LogP contribution in [0.3, 0.4) is 0 Å². The molecule has 2 rings (SSSR count). The summed E-state index contributed by atoms with van der Waals surface area (Å²) in [5.41, 5.74) is 0. The van der Waals surface area contributed by atoms with E-state index in [1.165, 1.54) is 7.11 Å². The fourth-order valence-electron chi connectivity index (χ4n) is 1.80. The van der Waals surface area contributed by atoms with Crippen molar-refractivity contribution in [1.29, 1.82) is 0 Å². The molecule has 92 valence electrons. The normalized spacial score (nSPS) is 16.5. The molecular formula is C11H16N4O2. The van der Waals surface area contributed by atoms with E-state index in [1.54, 1.807) is 12.3 Å². The highest BCUT2D eigenvalue weighted by molar-refractivity contribution is 5.85. The van der Waals surface area contributed by atoms with Gasteiger partial charge >= 0.3 is 5.97 Å². The number of nitrogens with one attached hydrogen (secondary N) is 2. The van der Waals surface area contributed by atoms with Crippen molar-refractivity contribution in [2.75, 3.05) is 25.5 Å². The number of nitrogens with zero attached hydrogens (tertiary/aromatic N) is 2. The zero-order valence-electron chi connectivity index (χ0n) is 9.77. The van der Waals surface area contributed by atoms with Crippen molar-refractivity contribution < 1.29 is 9.53 Å². The summed E-state index contributed by atoms with van der Waals surface area (Å²) in [5, 5.41) is 6.59. The van der Waals surface area contributed by atoms with Crippen molar-refractivity contribution in [2.24, 2.45) is 0 Å². The summed E-state index contributed by atoms with van der Waals surface area (Å²) in [4.78, 5) is 19.3. The Morgan fingerprint density at radius 2 is 2.29 bits per heavy atom. The first-order valence-electron chi connectivity index (χ1n) is 5.68. The van der Waals surface area contributed by atoms with Crippen molar-refractivity contribution in [2.45, 2.75) is 18.9 Å². The van der Waals surface area contributed by atoms with Crippen molar-refractivity contribution >= 4 is 11.8 Å². The summed E-state index contributed by atoms with van der Waals surface area (Å²) < 4.78 is 4.58. The number of carbonyl (C=O) groups excluding carboxylic acids is 1. The van der Waals surface area contributed by atoms with Gasteiger partial charge in [0.05, 0.1) is 7.11 Å². The maximum atomic E-state index is 11.3. The molecule has 0 bridgehead atoms. The first-order chi connectivity index (χ1) is 8.29. The lowest BCUT2D eigenvalue weighted by Crippen LogP contribution is -2.35. The van der Waals surface area contributed by atoms with Gasteiger partial charge in [0.15, 0.2) is 0 Å². The molecule has 17 heavy (non-hydrogen) atoms. The molecule has 0 radical (unpaired) electrons. The standard InChI is InChI=1S/C11H16N4O2/c1-17-11(16)10-13-7-4-9(15-10)14-8-2-5-12-6-3-8/h4,7-8,12H,2-3,5-6H2,1H3,(H,13,14,15). The summed E-state index contributed by atoms with van der Waals surface area (Å²) in [5.74, 6) is 0.248. The van der Waals surface area contributed by atoms with Crippen molar-refractivity contribution in [3.8, 4) is 0 Å². The Morgan fingerprint density at radius 3 is 3.00 bits per heavy atom. The summed E-state index contributed by atoms with van der Waals surface area (Å²) in [6.45, 7) is 2.01. The molecule has 0 saturated carbocycles. The second-order valence-electron chi connectivity index (χ2n) is 3.93. The van der Waals surface area contributed by atoms with Crippen LogP contribution in [-0.4, -0.2) is 42.2 Å². The van der Waals surface area contributed by atoms with Gasteiger partial charge in [0.2, 0.25) is 5.82 Å². The van der Waals surface area contributed by atoms with Gasteiger partial charge < -0.3 is 15.4 Å². The number of carbonyl (C=O) groups is 1. The molecule has 0 spiro atoms. The number of piperidine rings is 1. The molecule has 2 heterocycles. The molecule has 1 fully saturated rings. The predicted molar refractivity (Wildman–Crippen MR) is 62.9 cm³/mol. The monoisotopic (exact) mass is 236 g/mol. The van der Waals surface area contributed by atoms with Gasteiger partial charge in [0.25, 0.3) is 0 Å². The number of hydrogen-bond donors (Lipinski definition) is 2. The summed E-state index contributed by atoms with van der Waals surface area (Å²) in [6, 6.07) is 2.16. The Balaban J connectivity index is 2.02. The van der Waals surface area contributed by atoms with Crippen LogP contribution in [-0.2, 0) is 4.74 Å². The Hall–Kier alpha value is -1.69. The average molecular weight is 236 g/mol. The third kappa shape index (κ3) is 3.13. The number of esters is 1. The third-order valence-electron chi connectivity index (χ3n) is 2.71. The Kier molecular flexibility index (Phi) is 3.87. The molecule has 1 saturated heterocycles. The molecule has 0 amide bonds. The van der Waals surface area contributed by atoms with E-state index in [0.717, 1.165) is 25.9 Å². The molecular weight excluding hydrogens is 220 g/mol. The number of ether oxygens (including phenoxy) is 1. The molecule has 2 N–H and O–H groups in total. The minimum absolute atomic E-state index is 0.0893. The van der Waals surface area contributed by atoms with Gasteiger partial charge in [-0.05, 0) is 32.0 Å². The summed E-state index contributed by atoms with van der Waals surface area (Å²) in [7, 11) is 1.32. The molecule has 6 heteroatoms. The zero-order chi connectivity index (χ0) is 12.1. The molecule has 1 aliphatic rings. The van der Waals surface area contributed by atoms with Gasteiger partial charge in [-0.3, -0.25) is 0 Å². The van der Waals surface area contributed by atoms with E-state index in [-0.39, 0.29) is 5.82 Å². The topological polar surface area (TPSA) is 76.1 Å². The van der Waals surface area contributed by atoms with Gasteiger partial charge in [-0.25, -0.2) is 14.8 Å². The van der Waals surface area contributed by atoms with Crippen molar-refractivity contribution in [1.82, 2.24) is 15.3 Å². The first-order valence-corrected chi connectivity index (χ1v) is 5.68. The number of methoxy groups -OCH3 is 1. The molecule has 1 aliphatic heterocycles. The number of aromatic nitrogens is 2. The molecule has 0 aromatic carbocycles. The maximum absolute atomic E-state index is 11.3. The van der Waals surface area contributed by atoms with E-state index in [4.69, 9.17) is 0 Å². The number of hydrogen-bond acceptors (Lipinski definition) is 6. The average Bonchev–Trinajstić information content (AvgIpc) is 2.39. The molecule has 0 atom stereocenters. The maximum Gasteiger partial charge on any atom is 0.376 e. The fourth-order valence-corrected chi connectivity index (χ4v) is 1.80. The van der Waals surface area contributed by atoms with Crippen LogP contribution in [0.2, 0.25) is 0 Å². The minimum atomic E-state index is -0.515. The minimum Gasteiger partial charge on any atom is -0.463 e. The quantitative estimate of drug-likeness (QED) is 0.741. The number of anilines is 1. The third-order valence-corrected chi connectivity index (χ3v) is 2.71. The highest BCUT2D eigenvalue weighted by atomic mass is 16.5. The first kappa shape index (κ1) is 11.8. The lowest BCUT2D eigenvalue weighted by Gasteiger charge is -2.24. The van der Waals surface area contributed by atoms with E-state index in [9.17, 15) is 4.79 Å². The predicted octanol–water partition coefficient (Wildman–Crippen LogP) is 0.427. The van der Waals surface area contributed by atoms with E-state index < -0.39 is 5.97 Å². The zero-order valence-corrected chi connectivity index (χ0v) is 9.77. The summed E-state index contributed by atoms with van der Waals surface area (Å²) >= 11 is 0. The second kappa shape index (κ2) is 5.58. The van der Waals surface area contributed by atoms with E-state index >= 15 is 0 Å². The van der Waals surface area contributed by atoms with Crippen LogP contribution in [0.1, 0.15) is 23.5 Å². The lowest BCUT2D eigenvalue weighted by atomic mass is 10.1. The highest BCUT2D eigenvalue weighted by Crippen LogP contribution is 2.10. The fraction of sp³-hybridized carbons (Fsp3) is 0.545. The molecule has 0 unspecified atom stereocenters. The van der Waals surface area contributed by atoms with Gasteiger partial charge in [-0.1, -0.05) is 0 Å². The lowest BCUT2D eigenvalue weighted by molar-refractivity contribution is 0.0587. The Morgan fingerprint density at radius 1 is 1.53 bits per heavy atom. The van der Waals surface area contributed by atoms with Crippen LogP contribution in [0.5, 0.6) is 0 Å². The molecule has 0 aliphatic carbocycles. The molecule has 6 nitrogen and oxygen atoms in total. The van der Waals surface area contributed by atoms with Gasteiger partial charge in [-0.15, -0.1) is 0 Å². The molecule has 1 aromatic heterocycles. The van der Waals surface area contributed by atoms with Gasteiger partial charge in [0, 0.05) is 12.2 Å². The Labute approximate surface area is 99.8 Å². The summed E-state index contributed by atoms with van der Waals surface area (Å²) in [6.07, 6.45) is 3.66. The van der Waals surface area contributed by atoms with Gasteiger partial charge in [-0.2, -0.15) is 0 Å². The van der Waals surface area contributed by atoms with E-state index in [2.05, 4.69) is 25.3 Å². The number of rotatable bonds is 3. The largest absolute Gasteiger partial charge is 0.463 e. The van der Waals surface area contributed by atoms with Crippen LogP contribution in [0.15, 0.2) is 12.3 Å². The SMILES string of the molecule is COC(=O)c1nccc(NC2CCNCC2)n1. The van der Waals surface area contributed by atoms with Crippen molar-refractivity contribution in [3.05, 3.63) is 18.1 Å². The Bertz CT molecular complexity index is 391. The van der Waals surface area contributed by atoms with Crippen LogP contribution >= 0.6 is 0 Å². The van der Waals surface area contributed by atoms with Crippen LogP contribution in [0.25, 0.3) is 0 Å². The molecule has 1 aromatic rings. The highest BCUT2D eigenvalue weighted by Gasteiger charge is 2.14. The van der Waals surface area contributed by atoms with Crippen LogP contribution in [0, 0.1) is 0 Å². The van der Waals surface area contributed by atoms with E-state index in [0.29, 0.717) is 11.9 Å².